The highest BCUT2D eigenvalue weighted by molar-refractivity contribution is 5.86. The highest BCUT2D eigenvalue weighted by Crippen LogP contribution is 2.27. The van der Waals surface area contributed by atoms with Crippen molar-refractivity contribution < 1.29 is 23.8 Å². The zero-order chi connectivity index (χ0) is 13.2. The van der Waals surface area contributed by atoms with Crippen molar-refractivity contribution in [2.75, 3.05) is 6.54 Å². The van der Waals surface area contributed by atoms with Crippen LogP contribution in [0.3, 0.4) is 0 Å². The first kappa shape index (κ1) is 13.5. The molecule has 0 aromatic carbocycles. The van der Waals surface area contributed by atoms with E-state index < -0.39 is 23.5 Å². The Labute approximate surface area is 98.8 Å². The summed E-state index contributed by atoms with van der Waals surface area (Å²) in [5, 5.41) is 8.56. The van der Waals surface area contributed by atoms with Gasteiger partial charge in [-0.15, -0.1) is 0 Å². The van der Waals surface area contributed by atoms with Gasteiger partial charge in [0.05, 0.1) is 5.70 Å². The Morgan fingerprint density at radius 1 is 1.41 bits per heavy atom. The molecule has 0 bridgehead atoms. The maximum absolute atomic E-state index is 13.3. The second-order valence-corrected chi connectivity index (χ2v) is 4.80. The molecule has 17 heavy (non-hydrogen) atoms. The molecule has 0 radical (unpaired) electrons. The molecule has 1 amide bonds. The molecule has 1 saturated heterocycles. The number of carboxylic acids is 1. The van der Waals surface area contributed by atoms with Gasteiger partial charge in [0.1, 0.15) is 5.60 Å². The molecule has 1 rings (SSSR count). The van der Waals surface area contributed by atoms with Crippen LogP contribution in [0.4, 0.5) is 9.18 Å². The first-order valence-corrected chi connectivity index (χ1v) is 5.35. The third kappa shape index (κ3) is 3.44. The van der Waals surface area contributed by atoms with Crippen molar-refractivity contribution in [2.24, 2.45) is 0 Å². The normalized spacial score (nSPS) is 19.2. The second kappa shape index (κ2) is 4.73. The smallest absolute Gasteiger partial charge is 0.414 e. The Balaban J connectivity index is 2.87. The molecule has 0 aromatic rings. The lowest BCUT2D eigenvalue weighted by molar-refractivity contribution is -0.134. The molecule has 1 aliphatic rings. The lowest BCUT2D eigenvalue weighted by Gasteiger charge is -2.25. The molecular weight excluding hydrogens is 229 g/mol. The third-order valence-corrected chi connectivity index (χ3v) is 2.18. The van der Waals surface area contributed by atoms with Gasteiger partial charge in [0.2, 0.25) is 5.83 Å². The van der Waals surface area contributed by atoms with Gasteiger partial charge < -0.3 is 9.84 Å². The largest absolute Gasteiger partial charge is 0.476 e. The van der Waals surface area contributed by atoms with Gasteiger partial charge in [0, 0.05) is 6.54 Å². The Morgan fingerprint density at radius 2 is 2.00 bits per heavy atom. The van der Waals surface area contributed by atoms with E-state index in [9.17, 15) is 14.0 Å². The Kier molecular flexibility index (Phi) is 3.75. The number of allylic oxidation sites excluding steroid dienone is 1. The van der Waals surface area contributed by atoms with Crippen LogP contribution < -0.4 is 0 Å². The number of nitrogens with zero attached hydrogens (tertiary/aromatic N) is 1. The number of rotatable bonds is 1. The number of amides is 1. The first-order chi connectivity index (χ1) is 7.72. The molecule has 0 saturated carbocycles. The van der Waals surface area contributed by atoms with E-state index in [0.29, 0.717) is 6.42 Å². The fourth-order valence-corrected chi connectivity index (χ4v) is 1.54. The summed E-state index contributed by atoms with van der Waals surface area (Å²) in [6.45, 7) is 5.36. The number of carboxylic acid groups (broad SMARTS) is 1. The number of ether oxygens (including phenoxy) is 1. The van der Waals surface area contributed by atoms with E-state index in [4.69, 9.17) is 9.84 Å². The fraction of sp³-hybridized carbons (Fsp3) is 0.636. The van der Waals surface area contributed by atoms with Gasteiger partial charge in [-0.1, -0.05) is 0 Å². The molecule has 1 aliphatic heterocycles. The van der Waals surface area contributed by atoms with Crippen molar-refractivity contribution in [1.29, 1.82) is 0 Å². The SMILES string of the molecule is CC(C)(C)OC(=O)N1CCC/C1=C(\F)C(=O)O. The van der Waals surface area contributed by atoms with Crippen LogP contribution in [0.5, 0.6) is 0 Å². The third-order valence-electron chi connectivity index (χ3n) is 2.18. The van der Waals surface area contributed by atoms with Crippen LogP contribution in [0.25, 0.3) is 0 Å². The van der Waals surface area contributed by atoms with E-state index in [-0.39, 0.29) is 18.7 Å². The predicted molar refractivity (Wildman–Crippen MR) is 57.9 cm³/mol. The van der Waals surface area contributed by atoms with Crippen molar-refractivity contribution in [1.82, 2.24) is 4.90 Å². The summed E-state index contributed by atoms with van der Waals surface area (Å²) in [6.07, 6.45) is 0.0635. The quantitative estimate of drug-likeness (QED) is 0.720. The monoisotopic (exact) mass is 245 g/mol. The lowest BCUT2D eigenvalue weighted by Crippen LogP contribution is -2.34. The van der Waals surface area contributed by atoms with Crippen LogP contribution in [-0.2, 0) is 9.53 Å². The van der Waals surface area contributed by atoms with Gasteiger partial charge in [-0.2, -0.15) is 4.39 Å². The van der Waals surface area contributed by atoms with Gasteiger partial charge in [0.15, 0.2) is 0 Å². The molecule has 0 spiro atoms. The Morgan fingerprint density at radius 3 is 2.47 bits per heavy atom. The van der Waals surface area contributed by atoms with Gasteiger partial charge in [-0.25, -0.2) is 9.59 Å². The van der Waals surface area contributed by atoms with Crippen LogP contribution in [0.15, 0.2) is 11.5 Å². The summed E-state index contributed by atoms with van der Waals surface area (Å²) in [6, 6.07) is 0. The molecule has 6 heteroatoms. The maximum atomic E-state index is 13.3. The van der Waals surface area contributed by atoms with Crippen molar-refractivity contribution >= 4 is 12.1 Å². The van der Waals surface area contributed by atoms with Crippen molar-refractivity contribution in [3.63, 3.8) is 0 Å². The number of carbonyl (C=O) groups is 2. The van der Waals surface area contributed by atoms with Crippen LogP contribution in [-0.4, -0.2) is 34.2 Å². The average Bonchev–Trinajstić information content (AvgIpc) is 2.61. The average molecular weight is 245 g/mol. The lowest BCUT2D eigenvalue weighted by atomic mass is 10.2. The Bertz CT molecular complexity index is 370. The van der Waals surface area contributed by atoms with Crippen LogP contribution in [0.2, 0.25) is 0 Å². The van der Waals surface area contributed by atoms with Crippen LogP contribution in [0.1, 0.15) is 33.6 Å². The first-order valence-electron chi connectivity index (χ1n) is 5.35. The second-order valence-electron chi connectivity index (χ2n) is 4.80. The Hall–Kier alpha value is -1.59. The van der Waals surface area contributed by atoms with Crippen molar-refractivity contribution in [3.05, 3.63) is 11.5 Å². The predicted octanol–water partition coefficient (Wildman–Crippen LogP) is 2.28. The fourth-order valence-electron chi connectivity index (χ4n) is 1.54. The van der Waals surface area contributed by atoms with Gasteiger partial charge in [0.25, 0.3) is 0 Å². The maximum Gasteiger partial charge on any atom is 0.414 e. The van der Waals surface area contributed by atoms with Crippen LogP contribution in [0, 0.1) is 0 Å². The van der Waals surface area contributed by atoms with Gasteiger partial charge in [-0.05, 0) is 33.6 Å². The van der Waals surface area contributed by atoms with Crippen molar-refractivity contribution in [2.45, 2.75) is 39.2 Å². The minimum atomic E-state index is -1.66. The van der Waals surface area contributed by atoms with Crippen LogP contribution >= 0.6 is 0 Å². The molecule has 0 atom stereocenters. The summed E-state index contributed by atoms with van der Waals surface area (Å²) in [7, 11) is 0. The molecular formula is C11H16FNO4. The molecule has 5 nitrogen and oxygen atoms in total. The van der Waals surface area contributed by atoms with Crippen molar-refractivity contribution in [3.8, 4) is 0 Å². The van der Waals surface area contributed by atoms with E-state index >= 15 is 0 Å². The molecule has 0 aromatic heterocycles. The summed E-state index contributed by atoms with van der Waals surface area (Å²) >= 11 is 0. The van der Waals surface area contributed by atoms with E-state index in [1.54, 1.807) is 20.8 Å². The number of hydrogen-bond donors (Lipinski definition) is 1. The number of aliphatic carboxylic acids is 1. The molecule has 0 aliphatic carbocycles. The zero-order valence-corrected chi connectivity index (χ0v) is 10.1. The number of carbonyl (C=O) groups excluding carboxylic acids is 1. The van der Waals surface area contributed by atoms with E-state index in [2.05, 4.69) is 0 Å². The minimum absolute atomic E-state index is 0.105. The van der Waals surface area contributed by atoms with E-state index in [0.717, 1.165) is 4.90 Å². The van der Waals surface area contributed by atoms with Gasteiger partial charge in [-0.3, -0.25) is 4.90 Å². The number of hydrogen-bond acceptors (Lipinski definition) is 3. The van der Waals surface area contributed by atoms with Gasteiger partial charge >= 0.3 is 12.1 Å². The minimum Gasteiger partial charge on any atom is -0.476 e. The molecule has 96 valence electrons. The summed E-state index contributed by atoms with van der Waals surface area (Å²) in [5.41, 5.74) is -0.795. The van der Waals surface area contributed by atoms with E-state index in [1.165, 1.54) is 0 Å². The molecule has 1 N–H and O–H groups in total. The summed E-state index contributed by atoms with van der Waals surface area (Å²) in [5.74, 6) is -2.94. The molecule has 0 unspecified atom stereocenters. The summed E-state index contributed by atoms with van der Waals surface area (Å²) < 4.78 is 18.4. The molecule has 1 heterocycles. The highest BCUT2D eigenvalue weighted by atomic mass is 19.1. The topological polar surface area (TPSA) is 66.8 Å². The zero-order valence-electron chi connectivity index (χ0n) is 10.1. The highest BCUT2D eigenvalue weighted by Gasteiger charge is 2.32. The number of likely N-dealkylation sites (tertiary alicyclic amines) is 1. The number of halogens is 1. The molecule has 1 fully saturated rings. The standard InChI is InChI=1S/C11H16FNO4/c1-11(2,3)17-10(16)13-6-4-5-7(13)8(12)9(14)15/h4-6H2,1-3H3,(H,14,15)/b8-7+. The van der Waals surface area contributed by atoms with E-state index in [1.807, 2.05) is 0 Å². The summed E-state index contributed by atoms with van der Waals surface area (Å²) in [4.78, 5) is 23.3.